The minimum Gasteiger partial charge on any atom is -0.491 e. The Kier molecular flexibility index (Phi) is 4.30. The van der Waals surface area contributed by atoms with Crippen LogP contribution in [0.1, 0.15) is 25.8 Å². The van der Waals surface area contributed by atoms with E-state index in [9.17, 15) is 0 Å². The average Bonchev–Trinajstić information content (AvgIpc) is 2.77. The van der Waals surface area contributed by atoms with E-state index in [0.29, 0.717) is 6.61 Å². The molecule has 0 saturated carbocycles. The van der Waals surface area contributed by atoms with Gasteiger partial charge in [-0.15, -0.1) is 0 Å². The summed E-state index contributed by atoms with van der Waals surface area (Å²) in [6.45, 7) is 7.68. The molecule has 0 unspecified atom stereocenters. The molecule has 0 spiro atoms. The van der Waals surface area contributed by atoms with Crippen LogP contribution in [0.15, 0.2) is 6.07 Å². The van der Waals surface area contributed by atoms with Gasteiger partial charge in [0, 0.05) is 6.54 Å². The smallest absolute Gasteiger partial charge is 0.183 e. The van der Waals surface area contributed by atoms with Crippen molar-refractivity contribution < 1.29 is 4.74 Å². The van der Waals surface area contributed by atoms with Crippen LogP contribution in [0.4, 0.5) is 5.13 Å². The normalized spacial score (nSPS) is 10.9. The first kappa shape index (κ1) is 13.4. The molecule has 1 aromatic carbocycles. The number of aromatic nitrogens is 1. The molecular formula is C13H17ClN2OS. The quantitative estimate of drug-likeness (QED) is 0.879. The summed E-state index contributed by atoms with van der Waals surface area (Å²) in [6, 6.07) is 1.97. The molecule has 2 rings (SSSR count). The zero-order valence-electron chi connectivity index (χ0n) is 10.8. The van der Waals surface area contributed by atoms with Gasteiger partial charge in [-0.1, -0.05) is 29.9 Å². The number of nitrogens with one attached hydrogen (secondary N) is 1. The number of fused-ring (bicyclic) bond motifs is 1. The molecule has 98 valence electrons. The summed E-state index contributed by atoms with van der Waals surface area (Å²) in [6.07, 6.45) is 0.980. The number of thiazole rings is 1. The summed E-state index contributed by atoms with van der Waals surface area (Å²) in [7, 11) is 0. The molecule has 0 amide bonds. The van der Waals surface area contributed by atoms with Crippen molar-refractivity contribution in [1.82, 2.24) is 4.98 Å². The van der Waals surface area contributed by atoms with Crippen LogP contribution in [0, 0.1) is 6.92 Å². The molecule has 2 aromatic rings. The predicted molar refractivity (Wildman–Crippen MR) is 79.3 cm³/mol. The fraction of sp³-hybridized carbons (Fsp3) is 0.462. The molecule has 18 heavy (non-hydrogen) atoms. The summed E-state index contributed by atoms with van der Waals surface area (Å²) < 4.78 is 6.75. The summed E-state index contributed by atoms with van der Waals surface area (Å²) >= 11 is 7.91. The number of ether oxygens (including phenoxy) is 1. The first-order valence-electron chi connectivity index (χ1n) is 6.13. The Morgan fingerprint density at radius 2 is 2.22 bits per heavy atom. The van der Waals surface area contributed by atoms with E-state index in [-0.39, 0.29) is 0 Å². The second kappa shape index (κ2) is 5.76. The van der Waals surface area contributed by atoms with Crippen LogP contribution in [0.25, 0.3) is 10.2 Å². The van der Waals surface area contributed by atoms with Crippen molar-refractivity contribution in [2.45, 2.75) is 27.2 Å². The lowest BCUT2D eigenvalue weighted by molar-refractivity contribution is 0.320. The van der Waals surface area contributed by atoms with E-state index in [2.05, 4.69) is 17.2 Å². The highest BCUT2D eigenvalue weighted by atomic mass is 35.5. The summed E-state index contributed by atoms with van der Waals surface area (Å²) in [5, 5.41) is 4.88. The van der Waals surface area contributed by atoms with Crippen molar-refractivity contribution in [2.24, 2.45) is 0 Å². The maximum Gasteiger partial charge on any atom is 0.183 e. The van der Waals surface area contributed by atoms with Gasteiger partial charge in [-0.25, -0.2) is 4.98 Å². The predicted octanol–water partition coefficient (Wildman–Crippen LogP) is 4.48. The van der Waals surface area contributed by atoms with Gasteiger partial charge < -0.3 is 10.1 Å². The standard InChI is InChI=1S/C13H17ClN2OS/c1-4-6-17-9-7-8(3)10(14)12-11(9)16-13(18-12)15-5-2/h7H,4-6H2,1-3H3,(H,15,16). The van der Waals surface area contributed by atoms with Crippen molar-refractivity contribution in [3.63, 3.8) is 0 Å². The Morgan fingerprint density at radius 3 is 2.89 bits per heavy atom. The molecule has 0 bridgehead atoms. The molecule has 1 N–H and O–H groups in total. The monoisotopic (exact) mass is 284 g/mol. The molecule has 0 fully saturated rings. The number of anilines is 1. The number of aryl methyl sites for hydroxylation is 1. The second-order valence-corrected chi connectivity index (χ2v) is 5.46. The van der Waals surface area contributed by atoms with Crippen LogP contribution in [0.3, 0.4) is 0 Å². The van der Waals surface area contributed by atoms with E-state index in [1.54, 1.807) is 11.3 Å². The maximum absolute atomic E-state index is 6.33. The molecule has 1 aromatic heterocycles. The number of rotatable bonds is 5. The topological polar surface area (TPSA) is 34.1 Å². The number of benzene rings is 1. The third kappa shape index (κ3) is 2.54. The van der Waals surface area contributed by atoms with Crippen molar-refractivity contribution in [3.05, 3.63) is 16.7 Å². The Hall–Kier alpha value is -1.00. The van der Waals surface area contributed by atoms with Gasteiger partial charge in [0.15, 0.2) is 5.13 Å². The number of hydrogen-bond donors (Lipinski definition) is 1. The largest absolute Gasteiger partial charge is 0.491 e. The minimum absolute atomic E-state index is 0.699. The molecule has 0 aliphatic heterocycles. The van der Waals surface area contributed by atoms with Crippen LogP contribution < -0.4 is 10.1 Å². The van der Waals surface area contributed by atoms with Gasteiger partial charge in [0.2, 0.25) is 0 Å². The van der Waals surface area contributed by atoms with Crippen LogP contribution >= 0.6 is 22.9 Å². The number of halogens is 1. The molecular weight excluding hydrogens is 268 g/mol. The van der Waals surface area contributed by atoms with Gasteiger partial charge in [-0.3, -0.25) is 0 Å². The van der Waals surface area contributed by atoms with Crippen LogP contribution in [0.2, 0.25) is 5.02 Å². The molecule has 0 radical (unpaired) electrons. The summed E-state index contributed by atoms with van der Waals surface area (Å²) in [5.74, 6) is 0.828. The van der Waals surface area contributed by atoms with Crippen LogP contribution in [-0.2, 0) is 0 Å². The lowest BCUT2D eigenvalue weighted by Gasteiger charge is -2.07. The lowest BCUT2D eigenvalue weighted by atomic mass is 10.2. The van der Waals surface area contributed by atoms with Gasteiger partial charge in [0.25, 0.3) is 0 Å². The average molecular weight is 285 g/mol. The fourth-order valence-corrected chi connectivity index (χ4v) is 2.99. The van der Waals surface area contributed by atoms with Crippen molar-refractivity contribution in [1.29, 1.82) is 0 Å². The summed E-state index contributed by atoms with van der Waals surface area (Å²) in [5.41, 5.74) is 1.89. The molecule has 0 atom stereocenters. The van der Waals surface area contributed by atoms with Gasteiger partial charge in [-0.05, 0) is 31.9 Å². The highest BCUT2D eigenvalue weighted by molar-refractivity contribution is 7.22. The highest BCUT2D eigenvalue weighted by Crippen LogP contribution is 2.39. The molecule has 1 heterocycles. The Balaban J connectivity index is 2.52. The SMILES string of the molecule is CCCOc1cc(C)c(Cl)c2sc(NCC)nc12. The Labute approximate surface area is 116 Å². The molecule has 0 saturated heterocycles. The molecule has 5 heteroatoms. The maximum atomic E-state index is 6.33. The molecule has 0 aliphatic rings. The first-order valence-corrected chi connectivity index (χ1v) is 7.33. The van der Waals surface area contributed by atoms with Crippen molar-refractivity contribution in [3.8, 4) is 5.75 Å². The van der Waals surface area contributed by atoms with Gasteiger partial charge in [0.1, 0.15) is 11.3 Å². The fourth-order valence-electron chi connectivity index (χ4n) is 1.69. The zero-order chi connectivity index (χ0) is 13.1. The van der Waals surface area contributed by atoms with E-state index < -0.39 is 0 Å². The van der Waals surface area contributed by atoms with Crippen LogP contribution in [-0.4, -0.2) is 18.1 Å². The Morgan fingerprint density at radius 1 is 1.44 bits per heavy atom. The number of nitrogens with zero attached hydrogens (tertiary/aromatic N) is 1. The zero-order valence-corrected chi connectivity index (χ0v) is 12.4. The van der Waals surface area contributed by atoms with E-state index >= 15 is 0 Å². The lowest BCUT2D eigenvalue weighted by Crippen LogP contribution is -1.97. The van der Waals surface area contributed by atoms with E-state index in [0.717, 1.165) is 44.6 Å². The van der Waals surface area contributed by atoms with Gasteiger partial charge >= 0.3 is 0 Å². The second-order valence-electron chi connectivity index (χ2n) is 4.08. The Bertz CT molecular complexity index is 553. The summed E-state index contributed by atoms with van der Waals surface area (Å²) in [4.78, 5) is 4.56. The van der Waals surface area contributed by atoms with Crippen molar-refractivity contribution in [2.75, 3.05) is 18.5 Å². The third-order valence-electron chi connectivity index (χ3n) is 2.54. The highest BCUT2D eigenvalue weighted by Gasteiger charge is 2.14. The van der Waals surface area contributed by atoms with E-state index in [4.69, 9.17) is 16.3 Å². The minimum atomic E-state index is 0.699. The number of hydrogen-bond acceptors (Lipinski definition) is 4. The van der Waals surface area contributed by atoms with E-state index in [1.807, 2.05) is 19.9 Å². The molecule has 3 nitrogen and oxygen atoms in total. The molecule has 0 aliphatic carbocycles. The van der Waals surface area contributed by atoms with E-state index in [1.165, 1.54) is 0 Å². The third-order valence-corrected chi connectivity index (χ3v) is 4.17. The van der Waals surface area contributed by atoms with Crippen molar-refractivity contribution >= 4 is 38.3 Å². The van der Waals surface area contributed by atoms with Gasteiger partial charge in [0.05, 0.1) is 16.3 Å². The van der Waals surface area contributed by atoms with Gasteiger partial charge in [-0.2, -0.15) is 0 Å². The van der Waals surface area contributed by atoms with Crippen LogP contribution in [0.5, 0.6) is 5.75 Å². The first-order chi connectivity index (χ1) is 8.67.